The Morgan fingerprint density at radius 2 is 2.08 bits per heavy atom. The number of rotatable bonds is 1. The minimum Gasteiger partial charge on any atom is -0.330 e. The molecular weight excluding hydrogens is 188 g/mol. The van der Waals surface area contributed by atoms with Crippen molar-refractivity contribution in [2.45, 2.75) is 12.3 Å². The Morgan fingerprint density at radius 3 is 2.50 bits per heavy atom. The summed E-state index contributed by atoms with van der Waals surface area (Å²) in [6.45, 7) is -0.150. The highest BCUT2D eigenvalue weighted by Crippen LogP contribution is 2.33. The van der Waals surface area contributed by atoms with Gasteiger partial charge in [0.25, 0.3) is 5.92 Å². The fourth-order valence-corrected chi connectivity index (χ4v) is 2.92. The molecule has 1 saturated heterocycles. The van der Waals surface area contributed by atoms with Crippen LogP contribution in [0.1, 0.15) is 6.42 Å². The van der Waals surface area contributed by atoms with Crippen LogP contribution < -0.4 is 5.73 Å². The van der Waals surface area contributed by atoms with Crippen LogP contribution in [0.15, 0.2) is 0 Å². The zero-order valence-corrected chi connectivity index (χ0v) is 7.28. The second-order valence-corrected chi connectivity index (χ2v) is 5.26. The van der Waals surface area contributed by atoms with Crippen molar-refractivity contribution >= 4 is 9.84 Å². The fourth-order valence-electron chi connectivity index (χ4n) is 1.31. The highest BCUT2D eigenvalue weighted by Gasteiger charge is 2.46. The lowest BCUT2D eigenvalue weighted by Gasteiger charge is -2.29. The minimum absolute atomic E-state index is 0.0220. The third kappa shape index (κ3) is 1.92. The van der Waals surface area contributed by atoms with Crippen LogP contribution >= 0.6 is 0 Å². The van der Waals surface area contributed by atoms with Gasteiger partial charge >= 0.3 is 0 Å². The standard InChI is InChI=1S/C6H11F2NO2S/c7-6(8)4-12(10,11)2-1-5(6)3-9/h5H,1-4,9H2. The highest BCUT2D eigenvalue weighted by molar-refractivity contribution is 7.91. The molecule has 0 saturated carbocycles. The molecule has 0 aliphatic carbocycles. The lowest BCUT2D eigenvalue weighted by atomic mass is 10.00. The number of halogens is 2. The van der Waals surface area contributed by atoms with E-state index in [1.54, 1.807) is 0 Å². The van der Waals surface area contributed by atoms with Crippen molar-refractivity contribution in [3.63, 3.8) is 0 Å². The monoisotopic (exact) mass is 199 g/mol. The van der Waals surface area contributed by atoms with Crippen molar-refractivity contribution in [3.05, 3.63) is 0 Å². The van der Waals surface area contributed by atoms with Crippen LogP contribution in [-0.4, -0.2) is 32.4 Å². The summed E-state index contributed by atoms with van der Waals surface area (Å²) in [4.78, 5) is 0. The number of nitrogens with two attached hydrogens (primary N) is 1. The van der Waals surface area contributed by atoms with Crippen molar-refractivity contribution in [2.24, 2.45) is 11.7 Å². The molecule has 0 amide bonds. The molecule has 1 heterocycles. The maximum absolute atomic E-state index is 12.9. The lowest BCUT2D eigenvalue weighted by Crippen LogP contribution is -2.45. The van der Waals surface area contributed by atoms with Crippen molar-refractivity contribution in [3.8, 4) is 0 Å². The zero-order valence-electron chi connectivity index (χ0n) is 6.46. The van der Waals surface area contributed by atoms with E-state index in [4.69, 9.17) is 5.73 Å². The van der Waals surface area contributed by atoms with Crippen LogP contribution in [0, 0.1) is 5.92 Å². The van der Waals surface area contributed by atoms with E-state index in [9.17, 15) is 17.2 Å². The second-order valence-electron chi connectivity index (χ2n) is 3.07. The van der Waals surface area contributed by atoms with E-state index >= 15 is 0 Å². The van der Waals surface area contributed by atoms with Crippen molar-refractivity contribution in [1.29, 1.82) is 0 Å². The number of alkyl halides is 2. The van der Waals surface area contributed by atoms with Gasteiger partial charge in [0.15, 0.2) is 9.84 Å². The van der Waals surface area contributed by atoms with Crippen molar-refractivity contribution in [1.82, 2.24) is 0 Å². The van der Waals surface area contributed by atoms with Gasteiger partial charge in [-0.2, -0.15) is 0 Å². The summed E-state index contributed by atoms with van der Waals surface area (Å²) in [5.41, 5.74) is 5.09. The van der Waals surface area contributed by atoms with Gasteiger partial charge in [0.1, 0.15) is 5.75 Å². The molecule has 72 valence electrons. The first kappa shape index (κ1) is 9.85. The smallest absolute Gasteiger partial charge is 0.265 e. The molecule has 0 aromatic carbocycles. The third-order valence-electron chi connectivity index (χ3n) is 2.07. The van der Waals surface area contributed by atoms with Gasteiger partial charge < -0.3 is 5.73 Å². The Bertz CT molecular complexity index is 263. The van der Waals surface area contributed by atoms with E-state index in [0.717, 1.165) is 0 Å². The van der Waals surface area contributed by atoms with Gasteiger partial charge in [-0.25, -0.2) is 17.2 Å². The molecule has 1 aliphatic rings. The molecule has 1 rings (SSSR count). The molecule has 6 heteroatoms. The average Bonchev–Trinajstić information content (AvgIpc) is 1.83. The molecule has 1 atom stereocenters. The zero-order chi connectivity index (χ0) is 9.41. The predicted octanol–water partition coefficient (Wildman–Crippen LogP) is 0.0151. The summed E-state index contributed by atoms with van der Waals surface area (Å²) < 4.78 is 47.4. The summed E-state index contributed by atoms with van der Waals surface area (Å²) in [7, 11) is -3.54. The summed E-state index contributed by atoms with van der Waals surface area (Å²) in [5, 5.41) is 0. The van der Waals surface area contributed by atoms with Gasteiger partial charge in [-0.3, -0.25) is 0 Å². The number of sulfone groups is 1. The Balaban J connectivity index is 2.81. The van der Waals surface area contributed by atoms with E-state index < -0.39 is 27.4 Å². The molecule has 1 fully saturated rings. The Hall–Kier alpha value is -0.230. The van der Waals surface area contributed by atoms with Crippen LogP contribution in [0.2, 0.25) is 0 Å². The maximum Gasteiger partial charge on any atom is 0.265 e. The molecule has 0 spiro atoms. The van der Waals surface area contributed by atoms with E-state index in [-0.39, 0.29) is 18.7 Å². The molecule has 2 N–H and O–H groups in total. The summed E-state index contributed by atoms with van der Waals surface area (Å²) in [6, 6.07) is 0. The third-order valence-corrected chi connectivity index (χ3v) is 3.75. The molecule has 0 aromatic rings. The lowest BCUT2D eigenvalue weighted by molar-refractivity contribution is -0.0374. The summed E-state index contributed by atoms with van der Waals surface area (Å²) in [5.74, 6) is -5.31. The molecular formula is C6H11F2NO2S. The van der Waals surface area contributed by atoms with Crippen LogP contribution in [0.25, 0.3) is 0 Å². The second kappa shape index (κ2) is 2.92. The first-order valence-electron chi connectivity index (χ1n) is 3.66. The van der Waals surface area contributed by atoms with Crippen molar-refractivity contribution < 1.29 is 17.2 Å². The van der Waals surface area contributed by atoms with Gasteiger partial charge in [0.2, 0.25) is 0 Å². The topological polar surface area (TPSA) is 60.2 Å². The van der Waals surface area contributed by atoms with Crippen LogP contribution in [0.5, 0.6) is 0 Å². The quantitative estimate of drug-likeness (QED) is 0.647. The number of hydrogen-bond donors (Lipinski definition) is 1. The first-order chi connectivity index (χ1) is 5.37. The number of hydrogen-bond acceptors (Lipinski definition) is 3. The molecule has 3 nitrogen and oxygen atoms in total. The highest BCUT2D eigenvalue weighted by atomic mass is 32.2. The predicted molar refractivity (Wildman–Crippen MR) is 40.8 cm³/mol. The molecule has 1 unspecified atom stereocenters. The summed E-state index contributed by atoms with van der Waals surface area (Å²) in [6.07, 6.45) is -0.0220. The molecule has 0 bridgehead atoms. The summed E-state index contributed by atoms with van der Waals surface area (Å²) >= 11 is 0. The van der Waals surface area contributed by atoms with Gasteiger partial charge in [-0.15, -0.1) is 0 Å². The minimum atomic E-state index is -3.54. The Morgan fingerprint density at radius 1 is 1.50 bits per heavy atom. The normalized spacial score (nSPS) is 33.1. The van der Waals surface area contributed by atoms with Gasteiger partial charge in [-0.1, -0.05) is 0 Å². The van der Waals surface area contributed by atoms with Crippen LogP contribution in [-0.2, 0) is 9.84 Å². The fraction of sp³-hybridized carbons (Fsp3) is 1.00. The van der Waals surface area contributed by atoms with E-state index in [1.807, 2.05) is 0 Å². The average molecular weight is 199 g/mol. The van der Waals surface area contributed by atoms with E-state index in [1.165, 1.54) is 0 Å². The Kier molecular flexibility index (Phi) is 2.40. The molecule has 0 aromatic heterocycles. The van der Waals surface area contributed by atoms with Crippen molar-refractivity contribution in [2.75, 3.05) is 18.1 Å². The van der Waals surface area contributed by atoms with Gasteiger partial charge in [0.05, 0.1) is 5.75 Å². The maximum atomic E-state index is 12.9. The Labute approximate surface area is 69.9 Å². The molecule has 0 radical (unpaired) electrons. The largest absolute Gasteiger partial charge is 0.330 e. The van der Waals surface area contributed by atoms with E-state index in [0.29, 0.717) is 0 Å². The first-order valence-corrected chi connectivity index (χ1v) is 5.48. The van der Waals surface area contributed by atoms with Gasteiger partial charge in [0, 0.05) is 12.5 Å². The molecule has 1 aliphatic heterocycles. The van der Waals surface area contributed by atoms with Crippen LogP contribution in [0.4, 0.5) is 8.78 Å². The SMILES string of the molecule is NCC1CCS(=O)(=O)CC1(F)F. The van der Waals surface area contributed by atoms with Crippen LogP contribution in [0.3, 0.4) is 0 Å². The molecule has 12 heavy (non-hydrogen) atoms. The van der Waals surface area contributed by atoms with E-state index in [2.05, 4.69) is 0 Å². The van der Waals surface area contributed by atoms with Gasteiger partial charge in [-0.05, 0) is 6.42 Å².